The van der Waals surface area contributed by atoms with Crippen molar-refractivity contribution in [2.75, 3.05) is 0 Å². The normalized spacial score (nSPS) is 13.5. The zero-order valence-corrected chi connectivity index (χ0v) is 8.76. The van der Waals surface area contributed by atoms with Crippen LogP contribution in [-0.2, 0) is 4.79 Å². The van der Waals surface area contributed by atoms with Gasteiger partial charge in [0.25, 0.3) is 0 Å². The lowest BCUT2D eigenvalue weighted by Gasteiger charge is -2.26. The number of amides is 1. The minimum Gasteiger partial charge on any atom is -0.350 e. The summed E-state index contributed by atoms with van der Waals surface area (Å²) in [6.07, 6.45) is 3.06. The van der Waals surface area contributed by atoms with Crippen LogP contribution in [0.15, 0.2) is 12.7 Å². The quantitative estimate of drug-likeness (QED) is 0.631. The first-order valence-electron chi connectivity index (χ1n) is 4.61. The third-order valence-corrected chi connectivity index (χ3v) is 2.10. The molecule has 0 rings (SSSR count). The number of hydrogen-bond acceptors (Lipinski definition) is 2. The number of carbonyl (C=O) groups is 1. The minimum atomic E-state index is -0.469. The highest BCUT2D eigenvalue weighted by molar-refractivity contribution is 5.82. The van der Waals surface area contributed by atoms with Gasteiger partial charge in [-0.15, -0.1) is 6.58 Å². The summed E-state index contributed by atoms with van der Waals surface area (Å²) in [7, 11) is 0. The second-order valence-electron chi connectivity index (χ2n) is 3.86. The SMILES string of the molecule is C=CCC(N)C(=O)NC(C)(C)CC. The monoisotopic (exact) mass is 184 g/mol. The molecule has 0 aliphatic heterocycles. The Morgan fingerprint density at radius 1 is 1.69 bits per heavy atom. The molecule has 1 unspecified atom stereocenters. The molecule has 3 N–H and O–H groups in total. The second-order valence-corrected chi connectivity index (χ2v) is 3.86. The van der Waals surface area contributed by atoms with Crippen LogP contribution in [0.5, 0.6) is 0 Å². The Bertz CT molecular complexity index is 187. The van der Waals surface area contributed by atoms with Crippen molar-refractivity contribution >= 4 is 5.91 Å². The summed E-state index contributed by atoms with van der Waals surface area (Å²) in [5.74, 6) is -0.105. The molecule has 0 aromatic rings. The summed E-state index contributed by atoms with van der Waals surface area (Å²) >= 11 is 0. The first-order valence-corrected chi connectivity index (χ1v) is 4.61. The fourth-order valence-corrected chi connectivity index (χ4v) is 0.801. The molecule has 76 valence electrons. The molecular formula is C10H20N2O. The van der Waals surface area contributed by atoms with Gasteiger partial charge < -0.3 is 11.1 Å². The lowest BCUT2D eigenvalue weighted by atomic mass is 10.0. The molecule has 0 saturated heterocycles. The van der Waals surface area contributed by atoms with Gasteiger partial charge in [-0.05, 0) is 26.7 Å². The number of carbonyl (C=O) groups excluding carboxylic acids is 1. The molecule has 0 saturated carbocycles. The Labute approximate surface area is 80.4 Å². The zero-order chi connectivity index (χ0) is 10.5. The van der Waals surface area contributed by atoms with Crippen molar-refractivity contribution in [2.45, 2.75) is 45.2 Å². The number of rotatable bonds is 5. The fourth-order valence-electron chi connectivity index (χ4n) is 0.801. The molecule has 13 heavy (non-hydrogen) atoms. The molecule has 0 bridgehead atoms. The Morgan fingerprint density at radius 2 is 2.23 bits per heavy atom. The second kappa shape index (κ2) is 5.02. The van der Waals surface area contributed by atoms with Gasteiger partial charge in [0.2, 0.25) is 5.91 Å². The molecule has 0 aromatic carbocycles. The van der Waals surface area contributed by atoms with Crippen molar-refractivity contribution in [1.29, 1.82) is 0 Å². The molecule has 0 aliphatic carbocycles. The van der Waals surface area contributed by atoms with E-state index in [0.29, 0.717) is 6.42 Å². The van der Waals surface area contributed by atoms with Gasteiger partial charge in [-0.3, -0.25) is 4.79 Å². The molecule has 1 atom stereocenters. The molecule has 3 nitrogen and oxygen atoms in total. The zero-order valence-electron chi connectivity index (χ0n) is 8.76. The largest absolute Gasteiger partial charge is 0.350 e. The van der Waals surface area contributed by atoms with E-state index < -0.39 is 6.04 Å². The van der Waals surface area contributed by atoms with Crippen molar-refractivity contribution in [3.63, 3.8) is 0 Å². The Morgan fingerprint density at radius 3 is 2.62 bits per heavy atom. The molecule has 3 heteroatoms. The van der Waals surface area contributed by atoms with Crippen LogP contribution in [0.1, 0.15) is 33.6 Å². The van der Waals surface area contributed by atoms with Gasteiger partial charge in [0.05, 0.1) is 6.04 Å². The van der Waals surface area contributed by atoms with Gasteiger partial charge in [-0.1, -0.05) is 13.0 Å². The summed E-state index contributed by atoms with van der Waals surface area (Å²) in [4.78, 5) is 11.4. The van der Waals surface area contributed by atoms with Crippen molar-refractivity contribution < 1.29 is 4.79 Å². The van der Waals surface area contributed by atoms with Crippen LogP contribution in [-0.4, -0.2) is 17.5 Å². The first-order chi connectivity index (χ1) is 5.93. The van der Waals surface area contributed by atoms with Crippen LogP contribution < -0.4 is 11.1 Å². The van der Waals surface area contributed by atoms with Gasteiger partial charge >= 0.3 is 0 Å². The van der Waals surface area contributed by atoms with Gasteiger partial charge in [0.15, 0.2) is 0 Å². The Kier molecular flexibility index (Phi) is 4.70. The highest BCUT2D eigenvalue weighted by atomic mass is 16.2. The number of nitrogens with one attached hydrogen (secondary N) is 1. The predicted molar refractivity (Wildman–Crippen MR) is 55.3 cm³/mol. The molecule has 0 aliphatic rings. The van der Waals surface area contributed by atoms with Crippen LogP contribution >= 0.6 is 0 Å². The van der Waals surface area contributed by atoms with Crippen LogP contribution in [0.25, 0.3) is 0 Å². The molecule has 0 radical (unpaired) electrons. The minimum absolute atomic E-state index is 0.105. The molecule has 0 spiro atoms. The molecule has 0 fully saturated rings. The van der Waals surface area contributed by atoms with E-state index in [2.05, 4.69) is 11.9 Å². The lowest BCUT2D eigenvalue weighted by molar-refractivity contribution is -0.123. The standard InChI is InChI=1S/C10H20N2O/c1-5-7-8(11)9(13)12-10(3,4)6-2/h5,8H,1,6-7,11H2,2-4H3,(H,12,13). The average Bonchev–Trinajstić information content (AvgIpc) is 2.04. The van der Waals surface area contributed by atoms with Crippen molar-refractivity contribution in [2.24, 2.45) is 5.73 Å². The summed E-state index contributed by atoms with van der Waals surface area (Å²) in [5.41, 5.74) is 5.44. The van der Waals surface area contributed by atoms with Crippen LogP contribution in [0.4, 0.5) is 0 Å². The Balaban J connectivity index is 4.06. The molecular weight excluding hydrogens is 164 g/mol. The van der Waals surface area contributed by atoms with Gasteiger partial charge in [-0.25, -0.2) is 0 Å². The molecule has 0 aromatic heterocycles. The Hall–Kier alpha value is -0.830. The van der Waals surface area contributed by atoms with Crippen LogP contribution in [0.3, 0.4) is 0 Å². The maximum atomic E-state index is 11.4. The van der Waals surface area contributed by atoms with E-state index in [1.165, 1.54) is 0 Å². The van der Waals surface area contributed by atoms with Crippen LogP contribution in [0.2, 0.25) is 0 Å². The highest BCUT2D eigenvalue weighted by Gasteiger charge is 2.20. The summed E-state index contributed by atoms with van der Waals surface area (Å²) in [6, 6.07) is -0.469. The maximum absolute atomic E-state index is 11.4. The lowest BCUT2D eigenvalue weighted by Crippen LogP contribution is -2.50. The molecule has 0 heterocycles. The van der Waals surface area contributed by atoms with Gasteiger partial charge in [-0.2, -0.15) is 0 Å². The van der Waals surface area contributed by atoms with Gasteiger partial charge in [0.1, 0.15) is 0 Å². The highest BCUT2D eigenvalue weighted by Crippen LogP contribution is 2.07. The predicted octanol–water partition coefficient (Wildman–Crippen LogP) is 1.19. The third kappa shape index (κ3) is 4.68. The molecule has 1 amide bonds. The first kappa shape index (κ1) is 12.2. The third-order valence-electron chi connectivity index (χ3n) is 2.10. The van der Waals surface area contributed by atoms with E-state index in [9.17, 15) is 4.79 Å². The average molecular weight is 184 g/mol. The topological polar surface area (TPSA) is 55.1 Å². The van der Waals surface area contributed by atoms with Gasteiger partial charge in [0, 0.05) is 5.54 Å². The van der Waals surface area contributed by atoms with Crippen molar-refractivity contribution in [3.8, 4) is 0 Å². The maximum Gasteiger partial charge on any atom is 0.237 e. The van der Waals surface area contributed by atoms with E-state index in [0.717, 1.165) is 6.42 Å². The smallest absolute Gasteiger partial charge is 0.237 e. The summed E-state index contributed by atoms with van der Waals surface area (Å²) in [6.45, 7) is 9.52. The van der Waals surface area contributed by atoms with E-state index in [1.807, 2.05) is 20.8 Å². The summed E-state index contributed by atoms with van der Waals surface area (Å²) in [5, 5.41) is 2.88. The van der Waals surface area contributed by atoms with Crippen LogP contribution in [0, 0.1) is 0 Å². The van der Waals surface area contributed by atoms with E-state index >= 15 is 0 Å². The fraction of sp³-hybridized carbons (Fsp3) is 0.700. The van der Waals surface area contributed by atoms with E-state index in [1.54, 1.807) is 6.08 Å². The van der Waals surface area contributed by atoms with Crippen molar-refractivity contribution in [3.05, 3.63) is 12.7 Å². The van der Waals surface area contributed by atoms with Crippen molar-refractivity contribution in [1.82, 2.24) is 5.32 Å². The number of hydrogen-bond donors (Lipinski definition) is 2. The van der Waals surface area contributed by atoms with E-state index in [4.69, 9.17) is 5.73 Å². The number of nitrogens with two attached hydrogens (primary N) is 1. The summed E-state index contributed by atoms with van der Waals surface area (Å²) < 4.78 is 0. The van der Waals surface area contributed by atoms with E-state index in [-0.39, 0.29) is 11.4 Å².